The van der Waals surface area contributed by atoms with Crippen molar-refractivity contribution in [3.63, 3.8) is 0 Å². The van der Waals surface area contributed by atoms with Gasteiger partial charge in [0.15, 0.2) is 0 Å². The Morgan fingerprint density at radius 3 is 2.70 bits per heavy atom. The normalized spacial score (nSPS) is 12.4. The molecular formula is C14H17Br2N3O. The van der Waals surface area contributed by atoms with Crippen LogP contribution in [0.3, 0.4) is 0 Å². The Kier molecular flexibility index (Phi) is 5.23. The highest BCUT2D eigenvalue weighted by molar-refractivity contribution is 9.10. The Labute approximate surface area is 135 Å². The summed E-state index contributed by atoms with van der Waals surface area (Å²) in [5, 5.41) is 7.79. The number of methoxy groups -OCH3 is 1. The first-order chi connectivity index (χ1) is 9.58. The summed E-state index contributed by atoms with van der Waals surface area (Å²) in [6, 6.07) is 6.08. The van der Waals surface area contributed by atoms with Gasteiger partial charge in [0.2, 0.25) is 0 Å². The summed E-state index contributed by atoms with van der Waals surface area (Å²) in [6.07, 6.45) is 1.81. The average molecular weight is 403 g/mol. The van der Waals surface area contributed by atoms with E-state index >= 15 is 0 Å². The van der Waals surface area contributed by atoms with Crippen molar-refractivity contribution in [3.8, 4) is 5.75 Å². The monoisotopic (exact) mass is 401 g/mol. The lowest BCUT2D eigenvalue weighted by Gasteiger charge is -2.22. The van der Waals surface area contributed by atoms with Crippen molar-refractivity contribution in [2.24, 2.45) is 7.05 Å². The van der Waals surface area contributed by atoms with E-state index in [0.29, 0.717) is 0 Å². The van der Waals surface area contributed by atoms with E-state index in [1.54, 1.807) is 7.11 Å². The zero-order valence-corrected chi connectivity index (χ0v) is 14.8. The van der Waals surface area contributed by atoms with E-state index in [9.17, 15) is 0 Å². The maximum atomic E-state index is 5.52. The van der Waals surface area contributed by atoms with Crippen LogP contribution in [0.2, 0.25) is 0 Å². The molecule has 0 fully saturated rings. The van der Waals surface area contributed by atoms with Crippen molar-refractivity contribution in [1.29, 1.82) is 0 Å². The lowest BCUT2D eigenvalue weighted by atomic mass is 10.0. The largest absolute Gasteiger partial charge is 0.496 e. The molecule has 6 heteroatoms. The third kappa shape index (κ3) is 3.07. The predicted octanol–water partition coefficient (Wildman–Crippen LogP) is 3.65. The molecule has 1 unspecified atom stereocenters. The van der Waals surface area contributed by atoms with Crippen LogP contribution in [0.15, 0.2) is 33.3 Å². The van der Waals surface area contributed by atoms with Crippen molar-refractivity contribution in [3.05, 3.63) is 44.6 Å². The molecule has 1 aromatic heterocycles. The number of aromatic nitrogens is 2. The van der Waals surface area contributed by atoms with Gasteiger partial charge in [0.05, 0.1) is 29.5 Å². The first-order valence-corrected chi connectivity index (χ1v) is 7.91. The van der Waals surface area contributed by atoms with E-state index in [1.807, 2.05) is 30.1 Å². The molecule has 0 aliphatic heterocycles. The molecule has 1 N–H and O–H groups in total. The SMILES string of the molecule is CCNC(c1ccc(Br)cc1OC)c1c(Br)cnn1C. The van der Waals surface area contributed by atoms with E-state index in [2.05, 4.69) is 55.3 Å². The number of halogens is 2. The van der Waals surface area contributed by atoms with Gasteiger partial charge in [-0.2, -0.15) is 5.10 Å². The number of nitrogens with zero attached hydrogens (tertiary/aromatic N) is 2. The summed E-state index contributed by atoms with van der Waals surface area (Å²) in [5.41, 5.74) is 2.16. The maximum absolute atomic E-state index is 5.52. The van der Waals surface area contributed by atoms with Crippen LogP contribution in [-0.4, -0.2) is 23.4 Å². The second-order valence-electron chi connectivity index (χ2n) is 4.38. The summed E-state index contributed by atoms with van der Waals surface area (Å²) in [4.78, 5) is 0. The summed E-state index contributed by atoms with van der Waals surface area (Å²) < 4.78 is 9.37. The van der Waals surface area contributed by atoms with Crippen molar-refractivity contribution >= 4 is 31.9 Å². The van der Waals surface area contributed by atoms with Gasteiger partial charge in [-0.3, -0.25) is 4.68 Å². The highest BCUT2D eigenvalue weighted by Crippen LogP contribution is 2.34. The summed E-state index contributed by atoms with van der Waals surface area (Å²) in [6.45, 7) is 2.93. The highest BCUT2D eigenvalue weighted by Gasteiger charge is 2.23. The van der Waals surface area contributed by atoms with E-state index in [1.165, 1.54) is 0 Å². The van der Waals surface area contributed by atoms with Crippen molar-refractivity contribution in [2.75, 3.05) is 13.7 Å². The molecule has 1 atom stereocenters. The second kappa shape index (κ2) is 6.74. The zero-order chi connectivity index (χ0) is 14.7. The fraction of sp³-hybridized carbons (Fsp3) is 0.357. The van der Waals surface area contributed by atoms with Crippen LogP contribution in [0.25, 0.3) is 0 Å². The van der Waals surface area contributed by atoms with Crippen LogP contribution >= 0.6 is 31.9 Å². The van der Waals surface area contributed by atoms with Gasteiger partial charge in [0.25, 0.3) is 0 Å². The molecule has 1 heterocycles. The molecule has 0 saturated heterocycles. The van der Waals surface area contributed by atoms with Gasteiger partial charge in [0.1, 0.15) is 5.75 Å². The van der Waals surface area contributed by atoms with Crippen LogP contribution in [-0.2, 0) is 7.05 Å². The first kappa shape index (κ1) is 15.5. The quantitative estimate of drug-likeness (QED) is 0.829. The van der Waals surface area contributed by atoms with Crippen LogP contribution in [0.5, 0.6) is 5.75 Å². The molecule has 0 spiro atoms. The minimum Gasteiger partial charge on any atom is -0.496 e. The number of ether oxygens (including phenoxy) is 1. The number of rotatable bonds is 5. The fourth-order valence-electron chi connectivity index (χ4n) is 2.23. The molecule has 4 nitrogen and oxygen atoms in total. The van der Waals surface area contributed by atoms with Crippen molar-refractivity contribution < 1.29 is 4.74 Å². The number of hydrogen-bond acceptors (Lipinski definition) is 3. The van der Waals surface area contributed by atoms with Crippen LogP contribution in [0.4, 0.5) is 0 Å². The van der Waals surface area contributed by atoms with Crippen molar-refractivity contribution in [1.82, 2.24) is 15.1 Å². The summed E-state index contributed by atoms with van der Waals surface area (Å²) in [7, 11) is 3.63. The Bertz CT molecular complexity index is 579. The van der Waals surface area contributed by atoms with Crippen LogP contribution in [0.1, 0.15) is 24.2 Å². The Morgan fingerprint density at radius 2 is 2.15 bits per heavy atom. The number of aryl methyl sites for hydroxylation is 1. The lowest BCUT2D eigenvalue weighted by Crippen LogP contribution is -2.25. The standard InChI is InChI=1S/C14H17Br2N3O/c1-4-17-13(14-11(16)8-18-19(14)2)10-6-5-9(15)7-12(10)20-3/h5-8,13,17H,4H2,1-3H3. The van der Waals surface area contributed by atoms with E-state index in [0.717, 1.165) is 32.5 Å². The molecule has 0 radical (unpaired) electrons. The van der Waals surface area contributed by atoms with Gasteiger partial charge in [0, 0.05) is 17.1 Å². The van der Waals surface area contributed by atoms with Gasteiger partial charge in [-0.15, -0.1) is 0 Å². The van der Waals surface area contributed by atoms with Crippen LogP contribution < -0.4 is 10.1 Å². The molecule has 2 aromatic rings. The fourth-order valence-corrected chi connectivity index (χ4v) is 3.14. The van der Waals surface area contributed by atoms with E-state index in [-0.39, 0.29) is 6.04 Å². The number of nitrogens with one attached hydrogen (secondary N) is 1. The van der Waals surface area contributed by atoms with Gasteiger partial charge < -0.3 is 10.1 Å². The lowest BCUT2D eigenvalue weighted by molar-refractivity contribution is 0.402. The number of benzene rings is 1. The molecule has 0 aliphatic rings. The van der Waals surface area contributed by atoms with E-state index in [4.69, 9.17) is 4.74 Å². The molecule has 0 saturated carbocycles. The molecule has 1 aromatic carbocycles. The summed E-state index contributed by atoms with van der Waals surface area (Å²) >= 11 is 7.05. The molecular weight excluding hydrogens is 386 g/mol. The highest BCUT2D eigenvalue weighted by atomic mass is 79.9. The minimum absolute atomic E-state index is 0.0184. The smallest absolute Gasteiger partial charge is 0.125 e. The molecule has 108 valence electrons. The van der Waals surface area contributed by atoms with Gasteiger partial charge >= 0.3 is 0 Å². The molecule has 20 heavy (non-hydrogen) atoms. The Morgan fingerprint density at radius 1 is 1.40 bits per heavy atom. The first-order valence-electron chi connectivity index (χ1n) is 6.32. The zero-order valence-electron chi connectivity index (χ0n) is 11.7. The maximum Gasteiger partial charge on any atom is 0.125 e. The number of hydrogen-bond donors (Lipinski definition) is 1. The van der Waals surface area contributed by atoms with Gasteiger partial charge in [-0.25, -0.2) is 0 Å². The van der Waals surface area contributed by atoms with E-state index < -0.39 is 0 Å². The van der Waals surface area contributed by atoms with Gasteiger partial charge in [-0.1, -0.05) is 28.9 Å². The molecule has 2 rings (SSSR count). The molecule has 0 aliphatic carbocycles. The molecule has 0 amide bonds. The average Bonchev–Trinajstić information content (AvgIpc) is 2.76. The second-order valence-corrected chi connectivity index (χ2v) is 6.15. The van der Waals surface area contributed by atoms with Gasteiger partial charge in [-0.05, 0) is 34.6 Å². The summed E-state index contributed by atoms with van der Waals surface area (Å²) in [5.74, 6) is 0.846. The van der Waals surface area contributed by atoms with Crippen LogP contribution in [0, 0.1) is 0 Å². The predicted molar refractivity (Wildman–Crippen MR) is 87.1 cm³/mol. The minimum atomic E-state index is 0.0184. The third-order valence-corrected chi connectivity index (χ3v) is 4.23. The Balaban J connectivity index is 2.54. The molecule has 0 bridgehead atoms. The third-order valence-electron chi connectivity index (χ3n) is 3.13. The van der Waals surface area contributed by atoms with Crippen molar-refractivity contribution in [2.45, 2.75) is 13.0 Å². The topological polar surface area (TPSA) is 39.1 Å². The Hall–Kier alpha value is -0.850.